The Hall–Kier alpha value is -1.91. The lowest BCUT2D eigenvalue weighted by Gasteiger charge is -2.29. The molecule has 0 aliphatic rings. The standard InChI is InChI=1S/C11H6F8O3/c12-6-1-2-7(13)5(3-6)4-22-8(20)9(21,10(14,15)16)11(17,18)19/h1-3,21H,4H2. The van der Waals surface area contributed by atoms with E-state index < -0.39 is 47.7 Å². The number of carbonyl (C=O) groups is 1. The monoisotopic (exact) mass is 338 g/mol. The molecule has 0 amide bonds. The van der Waals surface area contributed by atoms with Gasteiger partial charge in [0.1, 0.15) is 18.2 Å². The summed E-state index contributed by atoms with van der Waals surface area (Å²) in [5.41, 5.74) is -6.58. The van der Waals surface area contributed by atoms with Crippen molar-refractivity contribution < 1.29 is 49.8 Å². The minimum absolute atomic E-state index is 0.406. The molecule has 0 saturated carbocycles. The Morgan fingerprint density at radius 2 is 1.55 bits per heavy atom. The Morgan fingerprint density at radius 3 is 2.00 bits per heavy atom. The average molecular weight is 338 g/mol. The molecule has 0 saturated heterocycles. The molecule has 0 bridgehead atoms. The van der Waals surface area contributed by atoms with Crippen LogP contribution in [0.1, 0.15) is 5.56 Å². The average Bonchev–Trinajstić information content (AvgIpc) is 2.35. The van der Waals surface area contributed by atoms with E-state index in [0.29, 0.717) is 18.2 Å². The minimum Gasteiger partial charge on any atom is -0.458 e. The van der Waals surface area contributed by atoms with Crippen LogP contribution in [0.3, 0.4) is 0 Å². The van der Waals surface area contributed by atoms with Gasteiger partial charge in [-0.25, -0.2) is 13.6 Å². The molecule has 1 aromatic rings. The Kier molecular flexibility index (Phi) is 4.70. The highest BCUT2D eigenvalue weighted by molar-refractivity contribution is 5.81. The van der Waals surface area contributed by atoms with Crippen LogP contribution in [0.25, 0.3) is 0 Å². The molecule has 1 rings (SSSR count). The zero-order valence-electron chi connectivity index (χ0n) is 10.2. The van der Waals surface area contributed by atoms with Gasteiger partial charge in [0.05, 0.1) is 0 Å². The summed E-state index contributed by atoms with van der Waals surface area (Å²) >= 11 is 0. The second-order valence-electron chi connectivity index (χ2n) is 4.02. The van der Waals surface area contributed by atoms with E-state index in [1.165, 1.54) is 0 Å². The van der Waals surface area contributed by atoms with Gasteiger partial charge in [-0.15, -0.1) is 0 Å². The van der Waals surface area contributed by atoms with Crippen LogP contribution in [-0.2, 0) is 16.1 Å². The van der Waals surface area contributed by atoms with E-state index >= 15 is 0 Å². The number of halogens is 8. The van der Waals surface area contributed by atoms with E-state index in [1.54, 1.807) is 0 Å². The molecule has 0 spiro atoms. The lowest BCUT2D eigenvalue weighted by atomic mass is 10.0. The fourth-order valence-corrected chi connectivity index (χ4v) is 1.29. The number of hydrogen-bond acceptors (Lipinski definition) is 3. The second kappa shape index (κ2) is 5.71. The Labute approximate surface area is 117 Å². The van der Waals surface area contributed by atoms with Crippen molar-refractivity contribution in [2.24, 2.45) is 0 Å². The van der Waals surface area contributed by atoms with Crippen LogP contribution in [0.5, 0.6) is 0 Å². The van der Waals surface area contributed by atoms with Crippen LogP contribution in [0.15, 0.2) is 18.2 Å². The van der Waals surface area contributed by atoms with Gasteiger partial charge >= 0.3 is 23.9 Å². The third-order valence-corrected chi connectivity index (χ3v) is 2.48. The molecule has 0 fully saturated rings. The molecule has 0 aromatic heterocycles. The number of hydrogen-bond donors (Lipinski definition) is 1. The lowest BCUT2D eigenvalue weighted by Crippen LogP contribution is -2.62. The summed E-state index contributed by atoms with van der Waals surface area (Å²) in [5.74, 6) is -5.39. The van der Waals surface area contributed by atoms with Gasteiger partial charge in [0.15, 0.2) is 0 Å². The first-order valence-electron chi connectivity index (χ1n) is 5.27. The fraction of sp³-hybridized carbons (Fsp3) is 0.364. The molecular formula is C11H6F8O3. The molecule has 0 aliphatic heterocycles. The van der Waals surface area contributed by atoms with E-state index in [9.17, 15) is 39.9 Å². The molecule has 0 radical (unpaired) electrons. The first kappa shape index (κ1) is 18.1. The highest BCUT2D eigenvalue weighted by atomic mass is 19.4. The van der Waals surface area contributed by atoms with Crippen molar-refractivity contribution in [2.75, 3.05) is 0 Å². The van der Waals surface area contributed by atoms with E-state index in [0.717, 1.165) is 0 Å². The van der Waals surface area contributed by atoms with Crippen molar-refractivity contribution in [3.8, 4) is 0 Å². The predicted octanol–water partition coefficient (Wildman–Crippen LogP) is 2.86. The fourth-order valence-electron chi connectivity index (χ4n) is 1.29. The number of aliphatic hydroxyl groups is 1. The Morgan fingerprint density at radius 1 is 1.05 bits per heavy atom. The molecule has 1 N–H and O–H groups in total. The summed E-state index contributed by atoms with van der Waals surface area (Å²) in [4.78, 5) is 11.0. The van der Waals surface area contributed by atoms with Crippen molar-refractivity contribution >= 4 is 5.97 Å². The molecule has 124 valence electrons. The molecule has 3 nitrogen and oxygen atoms in total. The molecule has 0 atom stereocenters. The maximum atomic E-state index is 13.1. The normalized spacial score (nSPS) is 13.1. The SMILES string of the molecule is O=C(OCc1cc(F)ccc1F)C(O)(C(F)(F)F)C(F)(F)F. The van der Waals surface area contributed by atoms with Gasteiger partial charge in [-0.05, 0) is 18.2 Å². The van der Waals surface area contributed by atoms with E-state index in [4.69, 9.17) is 5.11 Å². The van der Waals surface area contributed by atoms with Gasteiger partial charge in [-0.2, -0.15) is 26.3 Å². The predicted molar refractivity (Wildman–Crippen MR) is 53.2 cm³/mol. The smallest absolute Gasteiger partial charge is 0.437 e. The summed E-state index contributed by atoms with van der Waals surface area (Å²) in [6, 6.07) is 1.56. The molecule has 11 heteroatoms. The molecule has 0 aliphatic carbocycles. The van der Waals surface area contributed by atoms with Gasteiger partial charge in [0.25, 0.3) is 0 Å². The molecular weight excluding hydrogens is 332 g/mol. The number of carbonyl (C=O) groups excluding carboxylic acids is 1. The first-order chi connectivity index (χ1) is 9.80. The largest absolute Gasteiger partial charge is 0.458 e. The van der Waals surface area contributed by atoms with Gasteiger partial charge in [0.2, 0.25) is 0 Å². The van der Waals surface area contributed by atoms with Crippen LogP contribution < -0.4 is 0 Å². The van der Waals surface area contributed by atoms with Crippen molar-refractivity contribution in [3.05, 3.63) is 35.4 Å². The summed E-state index contributed by atoms with van der Waals surface area (Å²) in [6.07, 6.45) is -12.8. The van der Waals surface area contributed by atoms with Crippen LogP contribution >= 0.6 is 0 Å². The number of esters is 1. The summed E-state index contributed by atoms with van der Waals surface area (Å²) in [7, 11) is 0. The van der Waals surface area contributed by atoms with Gasteiger partial charge in [0, 0.05) is 5.56 Å². The third kappa shape index (κ3) is 3.29. The minimum atomic E-state index is -6.41. The van der Waals surface area contributed by atoms with Crippen molar-refractivity contribution in [1.29, 1.82) is 0 Å². The molecule has 22 heavy (non-hydrogen) atoms. The summed E-state index contributed by atoms with van der Waals surface area (Å²) in [6.45, 7) is -1.43. The quantitative estimate of drug-likeness (QED) is 0.681. The van der Waals surface area contributed by atoms with Crippen LogP contribution in [0.4, 0.5) is 35.1 Å². The third-order valence-electron chi connectivity index (χ3n) is 2.48. The lowest BCUT2D eigenvalue weighted by molar-refractivity contribution is -0.357. The van der Waals surface area contributed by atoms with E-state index in [2.05, 4.69) is 4.74 Å². The van der Waals surface area contributed by atoms with Crippen molar-refractivity contribution in [1.82, 2.24) is 0 Å². The molecule has 0 heterocycles. The molecule has 0 unspecified atom stereocenters. The van der Waals surface area contributed by atoms with E-state index in [-0.39, 0.29) is 0 Å². The zero-order valence-corrected chi connectivity index (χ0v) is 10.2. The van der Waals surface area contributed by atoms with Crippen molar-refractivity contribution in [3.63, 3.8) is 0 Å². The van der Waals surface area contributed by atoms with Crippen LogP contribution in [0.2, 0.25) is 0 Å². The summed E-state index contributed by atoms with van der Waals surface area (Å²) in [5, 5.41) is 8.66. The number of ether oxygens (including phenoxy) is 1. The first-order valence-corrected chi connectivity index (χ1v) is 5.27. The van der Waals surface area contributed by atoms with E-state index in [1.807, 2.05) is 0 Å². The topological polar surface area (TPSA) is 46.5 Å². The maximum Gasteiger partial charge on any atom is 0.437 e. The highest BCUT2D eigenvalue weighted by Crippen LogP contribution is 2.43. The van der Waals surface area contributed by atoms with Crippen molar-refractivity contribution in [2.45, 2.75) is 24.6 Å². The molecule has 1 aromatic carbocycles. The second-order valence-corrected chi connectivity index (χ2v) is 4.02. The maximum absolute atomic E-state index is 13.1. The van der Waals surface area contributed by atoms with Gasteiger partial charge < -0.3 is 9.84 Å². The van der Waals surface area contributed by atoms with Crippen LogP contribution in [0, 0.1) is 11.6 Å². The van der Waals surface area contributed by atoms with Crippen LogP contribution in [-0.4, -0.2) is 29.0 Å². The highest BCUT2D eigenvalue weighted by Gasteiger charge is 2.76. The Balaban J connectivity index is 3.02. The summed E-state index contributed by atoms with van der Waals surface area (Å²) < 4.78 is 103. The zero-order chi connectivity index (χ0) is 17.3. The number of rotatable bonds is 3. The number of alkyl halides is 6. The van der Waals surface area contributed by atoms with Gasteiger partial charge in [-0.3, -0.25) is 0 Å². The Bertz CT molecular complexity index is 549. The van der Waals surface area contributed by atoms with Gasteiger partial charge in [-0.1, -0.05) is 0 Å². The number of benzene rings is 1.